The standard InChI is InChI=1S/C27H35ClN10O2/c1-36-10-12-37(13-11-36)27(40)34-19-6-4-18(5-7-19)32-24-15-21(31-17-2-3-17)25-30-16-22(38(25)35-24)26(39)33-20-8-9-29-23(28)14-20/h8-9,14-19,31H,2-7,10-13H2,1H3,(H,32,35)(H,34,40)(H,29,33,39)/t18-,19-. The van der Waals surface area contributed by atoms with Gasteiger partial charge in [0.15, 0.2) is 11.3 Å². The first-order chi connectivity index (χ1) is 19.4. The molecule has 0 unspecified atom stereocenters. The van der Waals surface area contributed by atoms with E-state index in [0.717, 1.165) is 70.4 Å². The number of amides is 3. The maximum Gasteiger partial charge on any atom is 0.317 e. The highest BCUT2D eigenvalue weighted by molar-refractivity contribution is 6.29. The van der Waals surface area contributed by atoms with Crippen molar-refractivity contribution in [3.8, 4) is 0 Å². The zero-order valence-corrected chi connectivity index (χ0v) is 23.3. The fourth-order valence-electron chi connectivity index (χ4n) is 5.29. The van der Waals surface area contributed by atoms with E-state index in [1.165, 1.54) is 12.4 Å². The maximum atomic E-state index is 13.1. The SMILES string of the molecule is CN1CCN(C(=O)N[C@H]2CC[C@H](Nc3cc(NC4CC4)c4ncc(C(=O)Nc5ccnc(Cl)c5)n4n3)CC2)CC1. The molecule has 212 valence electrons. The number of anilines is 3. The molecule has 3 amide bonds. The minimum Gasteiger partial charge on any atom is -0.379 e. The van der Waals surface area contributed by atoms with Crippen LogP contribution in [0.5, 0.6) is 0 Å². The summed E-state index contributed by atoms with van der Waals surface area (Å²) in [4.78, 5) is 38.5. The van der Waals surface area contributed by atoms with E-state index >= 15 is 0 Å². The van der Waals surface area contributed by atoms with Crippen LogP contribution in [0.2, 0.25) is 5.15 Å². The van der Waals surface area contributed by atoms with Crippen LogP contribution >= 0.6 is 11.6 Å². The number of piperazine rings is 1. The summed E-state index contributed by atoms with van der Waals surface area (Å²) in [6.07, 6.45) is 8.93. The molecule has 3 fully saturated rings. The monoisotopic (exact) mass is 566 g/mol. The van der Waals surface area contributed by atoms with E-state index in [1.807, 2.05) is 11.0 Å². The molecule has 4 heterocycles. The molecule has 6 rings (SSSR count). The van der Waals surface area contributed by atoms with Gasteiger partial charge in [-0.25, -0.2) is 19.3 Å². The van der Waals surface area contributed by atoms with E-state index < -0.39 is 0 Å². The first-order valence-electron chi connectivity index (χ1n) is 14.0. The maximum absolute atomic E-state index is 13.1. The van der Waals surface area contributed by atoms with Crippen LogP contribution in [0.25, 0.3) is 5.65 Å². The number of hydrogen-bond acceptors (Lipinski definition) is 8. The van der Waals surface area contributed by atoms with E-state index in [9.17, 15) is 9.59 Å². The second kappa shape index (κ2) is 11.5. The Balaban J connectivity index is 1.12. The molecule has 4 N–H and O–H groups in total. The Bertz CT molecular complexity index is 1380. The number of nitrogens with zero attached hydrogens (tertiary/aromatic N) is 6. The third kappa shape index (κ3) is 6.23. The number of carbonyl (C=O) groups is 2. The molecular formula is C27H35ClN10O2. The van der Waals surface area contributed by atoms with Crippen molar-refractivity contribution in [1.82, 2.24) is 34.7 Å². The van der Waals surface area contributed by atoms with Crippen LogP contribution in [0.3, 0.4) is 0 Å². The van der Waals surface area contributed by atoms with Crippen molar-refractivity contribution in [1.29, 1.82) is 0 Å². The van der Waals surface area contributed by atoms with Crippen molar-refractivity contribution < 1.29 is 9.59 Å². The van der Waals surface area contributed by atoms with E-state index in [1.54, 1.807) is 16.6 Å². The van der Waals surface area contributed by atoms with Crippen molar-refractivity contribution >= 4 is 46.4 Å². The molecule has 0 radical (unpaired) electrons. The van der Waals surface area contributed by atoms with Gasteiger partial charge in [0.05, 0.1) is 11.9 Å². The molecule has 0 bridgehead atoms. The van der Waals surface area contributed by atoms with E-state index in [-0.39, 0.29) is 24.0 Å². The lowest BCUT2D eigenvalue weighted by Gasteiger charge is -2.35. The molecular weight excluding hydrogens is 532 g/mol. The lowest BCUT2D eigenvalue weighted by Crippen LogP contribution is -2.53. The number of halogens is 1. The van der Waals surface area contributed by atoms with Gasteiger partial charge in [0.1, 0.15) is 11.0 Å². The van der Waals surface area contributed by atoms with Crippen LogP contribution < -0.4 is 21.3 Å². The highest BCUT2D eigenvalue weighted by atomic mass is 35.5. The van der Waals surface area contributed by atoms with E-state index in [4.69, 9.17) is 16.7 Å². The Hall–Kier alpha value is -3.64. The number of carbonyl (C=O) groups excluding carboxylic acids is 2. The van der Waals surface area contributed by atoms with Crippen molar-refractivity contribution in [2.45, 2.75) is 56.7 Å². The lowest BCUT2D eigenvalue weighted by atomic mass is 9.91. The second-order valence-electron chi connectivity index (χ2n) is 11.0. The van der Waals surface area contributed by atoms with Gasteiger partial charge in [0.25, 0.3) is 5.91 Å². The summed E-state index contributed by atoms with van der Waals surface area (Å²) in [5, 5.41) is 18.2. The number of urea groups is 1. The third-order valence-electron chi connectivity index (χ3n) is 7.82. The molecule has 12 nitrogen and oxygen atoms in total. The molecule has 3 aliphatic rings. The van der Waals surface area contributed by atoms with Crippen molar-refractivity contribution in [3.05, 3.63) is 41.4 Å². The third-order valence-corrected chi connectivity index (χ3v) is 8.03. The van der Waals surface area contributed by atoms with Crippen LogP contribution in [-0.4, -0.2) is 92.7 Å². The van der Waals surface area contributed by atoms with Gasteiger partial charge in [-0.15, -0.1) is 5.10 Å². The number of nitrogens with one attached hydrogen (secondary N) is 4. The number of pyridine rings is 1. The predicted octanol–water partition coefficient (Wildman–Crippen LogP) is 3.28. The van der Waals surface area contributed by atoms with Gasteiger partial charge < -0.3 is 31.1 Å². The molecule has 40 heavy (non-hydrogen) atoms. The average molecular weight is 567 g/mol. The molecule has 0 atom stereocenters. The van der Waals surface area contributed by atoms with Gasteiger partial charge in [-0.05, 0) is 57.7 Å². The van der Waals surface area contributed by atoms with Gasteiger partial charge >= 0.3 is 6.03 Å². The summed E-state index contributed by atoms with van der Waals surface area (Å²) >= 11 is 5.98. The van der Waals surface area contributed by atoms with E-state index in [2.05, 4.69) is 43.2 Å². The Morgan fingerprint density at radius 3 is 2.35 bits per heavy atom. The van der Waals surface area contributed by atoms with Crippen molar-refractivity contribution in [3.63, 3.8) is 0 Å². The van der Waals surface area contributed by atoms with Crippen LogP contribution in [0.1, 0.15) is 49.0 Å². The molecule has 13 heteroatoms. The fraction of sp³-hybridized carbons (Fsp3) is 0.519. The Kier molecular flexibility index (Phi) is 7.61. The van der Waals surface area contributed by atoms with Gasteiger partial charge in [-0.2, -0.15) is 0 Å². The minimum absolute atomic E-state index is 0.0485. The average Bonchev–Trinajstić information content (AvgIpc) is 3.65. The number of fused-ring (bicyclic) bond motifs is 1. The highest BCUT2D eigenvalue weighted by Gasteiger charge is 2.27. The van der Waals surface area contributed by atoms with Crippen LogP contribution in [-0.2, 0) is 0 Å². The quantitative estimate of drug-likeness (QED) is 0.320. The molecule has 2 saturated carbocycles. The summed E-state index contributed by atoms with van der Waals surface area (Å²) in [5.41, 5.74) is 2.31. The molecule has 1 saturated heterocycles. The number of rotatable bonds is 7. The molecule has 0 spiro atoms. The summed E-state index contributed by atoms with van der Waals surface area (Å²) in [6.45, 7) is 3.37. The molecule has 1 aliphatic heterocycles. The first-order valence-corrected chi connectivity index (χ1v) is 14.4. The first kappa shape index (κ1) is 26.6. The number of hydrogen-bond donors (Lipinski definition) is 4. The summed E-state index contributed by atoms with van der Waals surface area (Å²) in [7, 11) is 2.09. The van der Waals surface area contributed by atoms with Crippen LogP contribution in [0.4, 0.5) is 22.0 Å². The van der Waals surface area contributed by atoms with Crippen molar-refractivity contribution in [2.24, 2.45) is 0 Å². The minimum atomic E-state index is -0.339. The van der Waals surface area contributed by atoms with Crippen LogP contribution in [0.15, 0.2) is 30.6 Å². The smallest absolute Gasteiger partial charge is 0.317 e. The lowest BCUT2D eigenvalue weighted by molar-refractivity contribution is 0.102. The van der Waals surface area contributed by atoms with Gasteiger partial charge in [-0.3, -0.25) is 4.79 Å². The summed E-state index contributed by atoms with van der Waals surface area (Å²) in [5.74, 6) is 0.341. The zero-order valence-electron chi connectivity index (χ0n) is 22.6. The predicted molar refractivity (Wildman–Crippen MR) is 154 cm³/mol. The number of likely N-dealkylation sites (N-methyl/N-ethyl adjacent to an activating group) is 1. The Labute approximate surface area is 237 Å². The fourth-order valence-corrected chi connectivity index (χ4v) is 5.46. The zero-order chi connectivity index (χ0) is 27.6. The highest BCUT2D eigenvalue weighted by Crippen LogP contribution is 2.30. The Morgan fingerprint density at radius 2 is 1.62 bits per heavy atom. The topological polar surface area (TPSA) is 132 Å². The summed E-state index contributed by atoms with van der Waals surface area (Å²) < 4.78 is 1.59. The molecule has 3 aromatic rings. The van der Waals surface area contributed by atoms with E-state index in [0.29, 0.717) is 34.0 Å². The van der Waals surface area contributed by atoms with Gasteiger partial charge in [0.2, 0.25) is 0 Å². The molecule has 2 aliphatic carbocycles. The molecule has 0 aromatic carbocycles. The Morgan fingerprint density at radius 1 is 0.925 bits per heavy atom. The molecule has 3 aromatic heterocycles. The van der Waals surface area contributed by atoms with Gasteiger partial charge in [0, 0.05) is 62.3 Å². The normalized spacial score (nSPS) is 21.7. The van der Waals surface area contributed by atoms with Crippen molar-refractivity contribution in [2.75, 3.05) is 49.2 Å². The summed E-state index contributed by atoms with van der Waals surface area (Å²) in [6, 6.07) is 6.10. The largest absolute Gasteiger partial charge is 0.379 e. The number of imidazole rings is 1. The van der Waals surface area contributed by atoms with Gasteiger partial charge in [-0.1, -0.05) is 11.6 Å². The van der Waals surface area contributed by atoms with Crippen LogP contribution in [0, 0.1) is 0 Å². The number of aromatic nitrogens is 4. The second-order valence-corrected chi connectivity index (χ2v) is 11.4.